The van der Waals surface area contributed by atoms with Crippen LogP contribution in [0.5, 0.6) is 0 Å². The molecule has 3 rings (SSSR count). The molecule has 7 heteroatoms. The molecule has 1 fully saturated rings. The monoisotopic (exact) mass is 319 g/mol. The number of aryl methyl sites for hydroxylation is 1. The molecule has 1 aliphatic heterocycles. The third kappa shape index (κ3) is 3.30. The Bertz CT molecular complexity index is 670. The molecule has 0 radical (unpaired) electrons. The minimum Gasteiger partial charge on any atom is -0.372 e. The highest BCUT2D eigenvalue weighted by Gasteiger charge is 2.32. The van der Waals surface area contributed by atoms with Gasteiger partial charge in [-0.3, -0.25) is 4.68 Å². The van der Waals surface area contributed by atoms with Gasteiger partial charge < -0.3 is 14.6 Å². The first-order valence-corrected chi connectivity index (χ1v) is 8.03. The van der Waals surface area contributed by atoms with Crippen molar-refractivity contribution in [3.05, 3.63) is 29.2 Å². The summed E-state index contributed by atoms with van der Waals surface area (Å²) in [5.41, 5.74) is 2.15. The minimum atomic E-state index is -0.128. The van der Waals surface area contributed by atoms with Gasteiger partial charge in [0.25, 0.3) is 0 Å². The first-order valence-electron chi connectivity index (χ1n) is 8.03. The number of aromatic nitrogens is 4. The van der Waals surface area contributed by atoms with E-state index in [1.54, 1.807) is 0 Å². The Kier molecular flexibility index (Phi) is 4.25. The summed E-state index contributed by atoms with van der Waals surface area (Å²) in [6.45, 7) is 9.56. The van der Waals surface area contributed by atoms with Crippen molar-refractivity contribution in [2.24, 2.45) is 7.05 Å². The summed E-state index contributed by atoms with van der Waals surface area (Å²) in [6.07, 6.45) is 2.88. The first kappa shape index (κ1) is 16.1. The van der Waals surface area contributed by atoms with Gasteiger partial charge in [0.1, 0.15) is 6.10 Å². The Morgan fingerprint density at radius 2 is 2.17 bits per heavy atom. The molecule has 126 valence electrons. The molecule has 3 heterocycles. The average Bonchev–Trinajstić information content (AvgIpc) is 3.18. The fourth-order valence-electron chi connectivity index (χ4n) is 2.75. The van der Waals surface area contributed by atoms with Crippen LogP contribution in [0.25, 0.3) is 0 Å². The normalized spacial score (nSPS) is 22.0. The summed E-state index contributed by atoms with van der Waals surface area (Å²) >= 11 is 0. The van der Waals surface area contributed by atoms with Gasteiger partial charge in [-0.05, 0) is 13.3 Å². The lowest BCUT2D eigenvalue weighted by atomic mass is 9.97. The third-order valence-electron chi connectivity index (χ3n) is 4.30. The van der Waals surface area contributed by atoms with Gasteiger partial charge in [0.2, 0.25) is 5.89 Å². The molecule has 0 amide bonds. The van der Waals surface area contributed by atoms with Crippen molar-refractivity contribution in [1.82, 2.24) is 25.2 Å². The fourth-order valence-corrected chi connectivity index (χ4v) is 2.75. The molecule has 0 unspecified atom stereocenters. The molecule has 2 atom stereocenters. The van der Waals surface area contributed by atoms with Crippen LogP contribution in [0.4, 0.5) is 0 Å². The second-order valence-corrected chi connectivity index (χ2v) is 7.14. The van der Waals surface area contributed by atoms with Crippen LogP contribution in [0.1, 0.15) is 56.3 Å². The Balaban J connectivity index is 1.65. The molecular weight excluding hydrogens is 294 g/mol. The second kappa shape index (κ2) is 6.05. The summed E-state index contributed by atoms with van der Waals surface area (Å²) in [7, 11) is 1.95. The topological polar surface area (TPSA) is 78.0 Å². The maximum Gasteiger partial charge on any atom is 0.232 e. The van der Waals surface area contributed by atoms with Crippen LogP contribution in [-0.2, 0) is 23.7 Å². The van der Waals surface area contributed by atoms with Gasteiger partial charge in [-0.1, -0.05) is 25.9 Å². The highest BCUT2D eigenvalue weighted by atomic mass is 16.5. The van der Waals surface area contributed by atoms with E-state index in [9.17, 15) is 0 Å². The SMILES string of the molecule is Cc1c([C@H]2OCC[C@@H]2NCc2noc(C(C)(C)C)n2)cnn1C. The lowest BCUT2D eigenvalue weighted by Gasteiger charge is -2.19. The minimum absolute atomic E-state index is 0.0256. The van der Waals surface area contributed by atoms with Crippen LogP contribution in [0.2, 0.25) is 0 Å². The lowest BCUT2D eigenvalue weighted by molar-refractivity contribution is 0.0977. The predicted octanol–water partition coefficient (Wildman–Crippen LogP) is 2.03. The maximum atomic E-state index is 5.91. The highest BCUT2D eigenvalue weighted by Crippen LogP contribution is 2.31. The van der Waals surface area contributed by atoms with Crippen LogP contribution in [0.3, 0.4) is 0 Å². The summed E-state index contributed by atoms with van der Waals surface area (Å²) in [5.74, 6) is 1.35. The van der Waals surface area contributed by atoms with Crippen molar-refractivity contribution in [1.29, 1.82) is 0 Å². The zero-order valence-electron chi connectivity index (χ0n) is 14.5. The second-order valence-electron chi connectivity index (χ2n) is 7.14. The zero-order chi connectivity index (χ0) is 16.6. The fraction of sp³-hybridized carbons (Fsp3) is 0.688. The molecule has 2 aromatic rings. The number of hydrogen-bond donors (Lipinski definition) is 1. The van der Waals surface area contributed by atoms with Crippen LogP contribution >= 0.6 is 0 Å². The van der Waals surface area contributed by atoms with Gasteiger partial charge in [-0.2, -0.15) is 10.1 Å². The smallest absolute Gasteiger partial charge is 0.232 e. The Morgan fingerprint density at radius 1 is 1.39 bits per heavy atom. The molecular formula is C16H25N5O2. The van der Waals surface area contributed by atoms with E-state index >= 15 is 0 Å². The number of rotatable bonds is 4. The van der Waals surface area contributed by atoms with Crippen molar-refractivity contribution in [3.63, 3.8) is 0 Å². The molecule has 23 heavy (non-hydrogen) atoms. The van der Waals surface area contributed by atoms with Crippen molar-refractivity contribution in [3.8, 4) is 0 Å². The molecule has 0 saturated carbocycles. The highest BCUT2D eigenvalue weighted by molar-refractivity contribution is 5.21. The predicted molar refractivity (Wildman–Crippen MR) is 84.9 cm³/mol. The zero-order valence-corrected chi connectivity index (χ0v) is 14.5. The van der Waals surface area contributed by atoms with Gasteiger partial charge in [0, 0.05) is 36.4 Å². The molecule has 1 saturated heterocycles. The number of nitrogens with one attached hydrogen (secondary N) is 1. The standard InChI is InChI=1S/C16H25N5O2/c1-10-11(8-18-21(10)5)14-12(6-7-22-14)17-9-13-19-15(23-20-13)16(2,3)4/h8,12,14,17H,6-7,9H2,1-5H3/t12-,14+/m0/s1. The van der Waals surface area contributed by atoms with E-state index in [0.717, 1.165) is 24.3 Å². The molecule has 0 aliphatic carbocycles. The van der Waals surface area contributed by atoms with Gasteiger partial charge in [0.05, 0.1) is 12.7 Å². The van der Waals surface area contributed by atoms with E-state index in [1.165, 1.54) is 0 Å². The van der Waals surface area contributed by atoms with Gasteiger partial charge >= 0.3 is 0 Å². The summed E-state index contributed by atoms with van der Waals surface area (Å²) < 4.78 is 13.1. The molecule has 1 N–H and O–H groups in total. The van der Waals surface area contributed by atoms with E-state index in [2.05, 4.69) is 48.3 Å². The van der Waals surface area contributed by atoms with E-state index in [-0.39, 0.29) is 17.6 Å². The Morgan fingerprint density at radius 3 is 2.78 bits per heavy atom. The summed E-state index contributed by atoms with van der Waals surface area (Å²) in [6, 6.07) is 0.231. The number of nitrogens with zero attached hydrogens (tertiary/aromatic N) is 4. The van der Waals surface area contributed by atoms with E-state index in [4.69, 9.17) is 9.26 Å². The van der Waals surface area contributed by atoms with Crippen molar-refractivity contribution in [2.45, 2.75) is 58.2 Å². The lowest BCUT2D eigenvalue weighted by Crippen LogP contribution is -2.31. The van der Waals surface area contributed by atoms with Crippen LogP contribution in [-0.4, -0.2) is 32.6 Å². The van der Waals surface area contributed by atoms with Crippen molar-refractivity contribution < 1.29 is 9.26 Å². The largest absolute Gasteiger partial charge is 0.372 e. The van der Waals surface area contributed by atoms with E-state index in [0.29, 0.717) is 18.3 Å². The van der Waals surface area contributed by atoms with Crippen LogP contribution in [0, 0.1) is 6.92 Å². The van der Waals surface area contributed by atoms with E-state index in [1.807, 2.05) is 17.9 Å². The molecule has 0 spiro atoms. The third-order valence-corrected chi connectivity index (χ3v) is 4.30. The van der Waals surface area contributed by atoms with Crippen LogP contribution in [0.15, 0.2) is 10.7 Å². The van der Waals surface area contributed by atoms with Crippen molar-refractivity contribution in [2.75, 3.05) is 6.61 Å². The summed E-state index contributed by atoms with van der Waals surface area (Å²) in [5, 5.41) is 11.9. The molecule has 7 nitrogen and oxygen atoms in total. The van der Waals surface area contributed by atoms with Gasteiger partial charge in [0.15, 0.2) is 5.82 Å². The molecule has 2 aromatic heterocycles. The summed E-state index contributed by atoms with van der Waals surface area (Å²) in [4.78, 5) is 4.46. The van der Waals surface area contributed by atoms with Crippen LogP contribution < -0.4 is 5.32 Å². The Labute approximate surface area is 136 Å². The molecule has 1 aliphatic rings. The number of ether oxygens (including phenoxy) is 1. The number of hydrogen-bond acceptors (Lipinski definition) is 6. The van der Waals surface area contributed by atoms with E-state index < -0.39 is 0 Å². The Hall–Kier alpha value is -1.73. The molecule has 0 aromatic carbocycles. The molecule has 0 bridgehead atoms. The maximum absolute atomic E-state index is 5.91. The van der Waals surface area contributed by atoms with Crippen molar-refractivity contribution >= 4 is 0 Å². The van der Waals surface area contributed by atoms with Gasteiger partial charge in [-0.25, -0.2) is 0 Å². The first-order chi connectivity index (χ1) is 10.9. The average molecular weight is 319 g/mol. The van der Waals surface area contributed by atoms with Gasteiger partial charge in [-0.15, -0.1) is 0 Å². The quantitative estimate of drug-likeness (QED) is 0.929.